The summed E-state index contributed by atoms with van der Waals surface area (Å²) in [5.41, 5.74) is 1.27. The van der Waals surface area contributed by atoms with Gasteiger partial charge in [-0.3, -0.25) is 0 Å². The van der Waals surface area contributed by atoms with Gasteiger partial charge in [0.25, 0.3) is 0 Å². The predicted octanol–water partition coefficient (Wildman–Crippen LogP) is 2.85. The second kappa shape index (κ2) is 5.73. The Bertz CT molecular complexity index is 282. The van der Waals surface area contributed by atoms with E-state index in [0.29, 0.717) is 5.92 Å². The van der Waals surface area contributed by atoms with Gasteiger partial charge in [-0.05, 0) is 19.2 Å². The summed E-state index contributed by atoms with van der Waals surface area (Å²) in [5.74, 6) is 1.57. The summed E-state index contributed by atoms with van der Waals surface area (Å²) < 4.78 is 0. The van der Waals surface area contributed by atoms with Gasteiger partial charge in [-0.1, -0.05) is 13.8 Å². The summed E-state index contributed by atoms with van der Waals surface area (Å²) >= 11 is 3.68. The number of nitrogens with one attached hydrogen (secondary N) is 1. The molecular formula is C10H18N2S2. The predicted molar refractivity (Wildman–Crippen MR) is 66.2 cm³/mol. The molecule has 0 unspecified atom stereocenters. The Balaban J connectivity index is 2.87. The first-order valence-electron chi connectivity index (χ1n) is 4.81. The zero-order valence-corrected chi connectivity index (χ0v) is 10.9. The molecule has 0 saturated carbocycles. The largest absolute Gasteiger partial charge is 0.315 e. The average Bonchev–Trinajstić information content (AvgIpc) is 2.49. The Morgan fingerprint density at radius 1 is 1.50 bits per heavy atom. The summed E-state index contributed by atoms with van der Waals surface area (Å²) in [6, 6.07) is 0. The lowest BCUT2D eigenvalue weighted by Crippen LogP contribution is -2.06. The van der Waals surface area contributed by atoms with E-state index in [1.807, 2.05) is 30.1 Å². The molecule has 0 atom stereocenters. The van der Waals surface area contributed by atoms with E-state index >= 15 is 0 Å². The quantitative estimate of drug-likeness (QED) is 0.842. The minimum absolute atomic E-state index is 0.533. The third-order valence-electron chi connectivity index (χ3n) is 1.92. The molecule has 0 saturated heterocycles. The molecule has 0 aromatic carbocycles. The molecule has 1 aromatic rings. The molecule has 80 valence electrons. The minimum atomic E-state index is 0.533. The van der Waals surface area contributed by atoms with Crippen molar-refractivity contribution in [1.82, 2.24) is 10.3 Å². The highest BCUT2D eigenvalue weighted by Crippen LogP contribution is 2.26. The van der Waals surface area contributed by atoms with Crippen molar-refractivity contribution < 1.29 is 0 Å². The lowest BCUT2D eigenvalue weighted by Gasteiger charge is -2.03. The maximum atomic E-state index is 4.68. The number of hydrogen-bond donors (Lipinski definition) is 1. The fourth-order valence-corrected chi connectivity index (χ4v) is 3.27. The van der Waals surface area contributed by atoms with Crippen molar-refractivity contribution in [2.24, 2.45) is 0 Å². The van der Waals surface area contributed by atoms with Gasteiger partial charge in [-0.15, -0.1) is 11.3 Å². The van der Waals surface area contributed by atoms with Crippen LogP contribution in [0.3, 0.4) is 0 Å². The molecule has 0 amide bonds. The topological polar surface area (TPSA) is 24.9 Å². The Kier molecular flexibility index (Phi) is 4.92. The number of nitrogens with zero attached hydrogens (tertiary/aromatic N) is 1. The van der Waals surface area contributed by atoms with Gasteiger partial charge in [0.1, 0.15) is 5.01 Å². The van der Waals surface area contributed by atoms with Crippen LogP contribution in [0.2, 0.25) is 0 Å². The smallest absolute Gasteiger partial charge is 0.103 e. The number of rotatable bonds is 5. The molecule has 1 rings (SSSR count). The Labute approximate surface area is 94.5 Å². The van der Waals surface area contributed by atoms with Crippen molar-refractivity contribution in [3.05, 3.63) is 15.6 Å². The summed E-state index contributed by atoms with van der Waals surface area (Å²) in [4.78, 5) is 6.07. The van der Waals surface area contributed by atoms with Crippen molar-refractivity contribution in [2.75, 3.05) is 13.3 Å². The van der Waals surface area contributed by atoms with E-state index in [1.54, 1.807) is 0 Å². The van der Waals surface area contributed by atoms with Crippen LogP contribution >= 0.6 is 23.1 Å². The minimum Gasteiger partial charge on any atom is -0.315 e. The van der Waals surface area contributed by atoms with E-state index in [-0.39, 0.29) is 0 Å². The van der Waals surface area contributed by atoms with Gasteiger partial charge in [0.2, 0.25) is 0 Å². The monoisotopic (exact) mass is 230 g/mol. The molecule has 4 heteroatoms. The summed E-state index contributed by atoms with van der Waals surface area (Å²) in [7, 11) is 1.98. The number of thiazole rings is 1. The summed E-state index contributed by atoms with van der Waals surface area (Å²) in [5, 5.41) is 4.45. The SMILES string of the molecule is CNCc1sc(CSC)nc1C(C)C. The van der Waals surface area contributed by atoms with E-state index < -0.39 is 0 Å². The van der Waals surface area contributed by atoms with Crippen LogP contribution in [-0.2, 0) is 12.3 Å². The van der Waals surface area contributed by atoms with Crippen molar-refractivity contribution in [3.63, 3.8) is 0 Å². The van der Waals surface area contributed by atoms with Crippen molar-refractivity contribution in [3.8, 4) is 0 Å². The van der Waals surface area contributed by atoms with Gasteiger partial charge in [-0.25, -0.2) is 4.98 Å². The van der Waals surface area contributed by atoms with Crippen LogP contribution in [-0.4, -0.2) is 18.3 Å². The van der Waals surface area contributed by atoms with Crippen LogP contribution in [0.5, 0.6) is 0 Å². The number of aromatic nitrogens is 1. The van der Waals surface area contributed by atoms with E-state index in [0.717, 1.165) is 12.3 Å². The van der Waals surface area contributed by atoms with Gasteiger partial charge < -0.3 is 5.32 Å². The van der Waals surface area contributed by atoms with Crippen molar-refractivity contribution >= 4 is 23.1 Å². The fraction of sp³-hybridized carbons (Fsp3) is 0.700. The third kappa shape index (κ3) is 2.97. The standard InChI is InChI=1S/C10H18N2S2/c1-7(2)10-8(5-11-3)14-9(12-10)6-13-4/h7,11H,5-6H2,1-4H3. The molecule has 0 spiro atoms. The molecule has 1 heterocycles. The Hall–Kier alpha value is -0.0600. The molecular weight excluding hydrogens is 212 g/mol. The first-order valence-corrected chi connectivity index (χ1v) is 7.02. The normalized spacial score (nSPS) is 11.2. The van der Waals surface area contributed by atoms with Crippen LogP contribution < -0.4 is 5.32 Å². The van der Waals surface area contributed by atoms with E-state index in [2.05, 4.69) is 30.4 Å². The summed E-state index contributed by atoms with van der Waals surface area (Å²) in [6.45, 7) is 5.35. The zero-order valence-electron chi connectivity index (χ0n) is 9.26. The van der Waals surface area contributed by atoms with Crippen LogP contribution in [0, 0.1) is 0 Å². The molecule has 1 aromatic heterocycles. The van der Waals surface area contributed by atoms with Crippen LogP contribution in [0.25, 0.3) is 0 Å². The molecule has 0 fully saturated rings. The average molecular weight is 230 g/mol. The molecule has 0 aliphatic rings. The van der Waals surface area contributed by atoms with Crippen LogP contribution in [0.15, 0.2) is 0 Å². The molecule has 0 bridgehead atoms. The van der Waals surface area contributed by atoms with Gasteiger partial charge in [0.15, 0.2) is 0 Å². The first-order chi connectivity index (χ1) is 6.69. The Morgan fingerprint density at radius 3 is 2.71 bits per heavy atom. The molecule has 0 aliphatic carbocycles. The van der Waals surface area contributed by atoms with Crippen LogP contribution in [0.1, 0.15) is 35.3 Å². The second-order valence-electron chi connectivity index (χ2n) is 3.53. The lowest BCUT2D eigenvalue weighted by atomic mass is 10.1. The molecule has 14 heavy (non-hydrogen) atoms. The van der Waals surface area contributed by atoms with Crippen molar-refractivity contribution in [2.45, 2.75) is 32.1 Å². The molecule has 1 N–H and O–H groups in total. The highest BCUT2D eigenvalue weighted by molar-refractivity contribution is 7.97. The molecule has 0 aliphatic heterocycles. The third-order valence-corrected chi connectivity index (χ3v) is 3.74. The first kappa shape index (κ1) is 12.0. The van der Waals surface area contributed by atoms with Gasteiger partial charge in [0.05, 0.1) is 5.69 Å². The van der Waals surface area contributed by atoms with Gasteiger partial charge >= 0.3 is 0 Å². The van der Waals surface area contributed by atoms with E-state index in [9.17, 15) is 0 Å². The number of hydrogen-bond acceptors (Lipinski definition) is 4. The Morgan fingerprint density at radius 2 is 2.21 bits per heavy atom. The highest BCUT2D eigenvalue weighted by atomic mass is 32.2. The van der Waals surface area contributed by atoms with Gasteiger partial charge in [0, 0.05) is 17.2 Å². The van der Waals surface area contributed by atoms with Crippen molar-refractivity contribution in [1.29, 1.82) is 0 Å². The van der Waals surface area contributed by atoms with E-state index in [4.69, 9.17) is 0 Å². The lowest BCUT2D eigenvalue weighted by molar-refractivity contribution is 0.769. The number of thioether (sulfide) groups is 1. The maximum Gasteiger partial charge on any atom is 0.103 e. The highest BCUT2D eigenvalue weighted by Gasteiger charge is 2.12. The zero-order chi connectivity index (χ0) is 10.6. The molecule has 0 radical (unpaired) electrons. The van der Waals surface area contributed by atoms with E-state index in [1.165, 1.54) is 15.6 Å². The maximum absolute atomic E-state index is 4.68. The van der Waals surface area contributed by atoms with Gasteiger partial charge in [-0.2, -0.15) is 11.8 Å². The summed E-state index contributed by atoms with van der Waals surface area (Å²) in [6.07, 6.45) is 2.12. The van der Waals surface area contributed by atoms with Crippen LogP contribution in [0.4, 0.5) is 0 Å². The second-order valence-corrected chi connectivity index (χ2v) is 5.57. The fourth-order valence-electron chi connectivity index (χ4n) is 1.34. The molecule has 2 nitrogen and oxygen atoms in total.